The van der Waals surface area contributed by atoms with E-state index in [0.717, 1.165) is 17.7 Å². The van der Waals surface area contributed by atoms with Gasteiger partial charge in [0, 0.05) is 19.8 Å². The van der Waals surface area contributed by atoms with Crippen LogP contribution in [0.5, 0.6) is 0 Å². The molecule has 0 saturated carbocycles. The van der Waals surface area contributed by atoms with Crippen LogP contribution in [0.2, 0.25) is 0 Å². The summed E-state index contributed by atoms with van der Waals surface area (Å²) in [5, 5.41) is 4.01. The molecule has 0 unspecified atom stereocenters. The molecular weight excluding hydrogens is 295 g/mol. The van der Waals surface area contributed by atoms with E-state index in [0.29, 0.717) is 12.0 Å². The third-order valence-electron chi connectivity index (χ3n) is 3.05. The highest BCUT2D eigenvalue weighted by molar-refractivity contribution is 7.89. The van der Waals surface area contributed by atoms with Crippen molar-refractivity contribution in [1.82, 2.24) is 14.5 Å². The second kappa shape index (κ2) is 5.82. The molecule has 0 fully saturated rings. The quantitative estimate of drug-likeness (QED) is 0.805. The Kier molecular flexibility index (Phi) is 4.29. The number of aryl methyl sites for hydroxylation is 2. The maximum Gasteiger partial charge on any atom is 0.240 e. The molecule has 6 nitrogen and oxygen atoms in total. The smallest absolute Gasteiger partial charge is 0.240 e. The Hall–Kier alpha value is -1.93. The molecule has 0 aliphatic carbocycles. The zero-order valence-electron chi connectivity index (χ0n) is 11.8. The lowest BCUT2D eigenvalue weighted by Gasteiger charge is -2.10. The van der Waals surface area contributed by atoms with Gasteiger partial charge >= 0.3 is 0 Å². The van der Waals surface area contributed by atoms with E-state index < -0.39 is 15.8 Å². The number of rotatable bonds is 5. The molecule has 0 aliphatic heterocycles. The topological polar surface area (TPSA) is 90.0 Å². The number of halogens is 1. The molecule has 1 aromatic carbocycles. The van der Waals surface area contributed by atoms with E-state index in [-0.39, 0.29) is 17.1 Å². The number of hydrogen-bond donors (Lipinski definition) is 2. The summed E-state index contributed by atoms with van der Waals surface area (Å²) >= 11 is 0. The van der Waals surface area contributed by atoms with Crippen molar-refractivity contribution in [1.29, 1.82) is 0 Å². The van der Waals surface area contributed by atoms with Gasteiger partial charge in [-0.15, -0.1) is 0 Å². The predicted octanol–water partition coefficient (Wildman–Crippen LogP) is 0.971. The first kappa shape index (κ1) is 15.5. The summed E-state index contributed by atoms with van der Waals surface area (Å²) in [4.78, 5) is -0.00686. The van der Waals surface area contributed by atoms with E-state index in [4.69, 9.17) is 5.73 Å². The van der Waals surface area contributed by atoms with E-state index in [9.17, 15) is 12.8 Å². The highest BCUT2D eigenvalue weighted by Crippen LogP contribution is 2.21. The first-order valence-electron chi connectivity index (χ1n) is 6.32. The van der Waals surface area contributed by atoms with E-state index in [1.54, 1.807) is 17.9 Å². The minimum Gasteiger partial charge on any atom is -0.396 e. The molecule has 0 amide bonds. The number of sulfonamides is 1. The third kappa shape index (κ3) is 3.59. The molecule has 0 radical (unpaired) electrons. The normalized spacial score (nSPS) is 11.8. The number of nitrogens with zero attached hydrogens (tertiary/aromatic N) is 2. The molecule has 114 valence electrons. The number of aromatic nitrogens is 2. The SMILES string of the molecule is Cc1cc(F)c(N)cc1S(=O)(=O)NCCc1cnn(C)c1. The van der Waals surface area contributed by atoms with Crippen molar-refractivity contribution in [3.8, 4) is 0 Å². The van der Waals surface area contributed by atoms with Crippen molar-refractivity contribution in [2.75, 3.05) is 12.3 Å². The summed E-state index contributed by atoms with van der Waals surface area (Å²) in [5.41, 5.74) is 6.49. The molecule has 1 aromatic heterocycles. The summed E-state index contributed by atoms with van der Waals surface area (Å²) in [6.07, 6.45) is 4.01. The Morgan fingerprint density at radius 3 is 2.76 bits per heavy atom. The lowest BCUT2D eigenvalue weighted by atomic mass is 10.2. The average molecular weight is 312 g/mol. The molecule has 0 bridgehead atoms. The fourth-order valence-electron chi connectivity index (χ4n) is 1.97. The van der Waals surface area contributed by atoms with Crippen LogP contribution in [0.3, 0.4) is 0 Å². The fourth-order valence-corrected chi connectivity index (χ4v) is 3.26. The van der Waals surface area contributed by atoms with Crippen LogP contribution in [0.15, 0.2) is 29.4 Å². The monoisotopic (exact) mass is 312 g/mol. The van der Waals surface area contributed by atoms with E-state index in [1.165, 1.54) is 6.92 Å². The van der Waals surface area contributed by atoms with Gasteiger partial charge in [-0.05, 0) is 36.6 Å². The van der Waals surface area contributed by atoms with Gasteiger partial charge in [0.25, 0.3) is 0 Å². The largest absolute Gasteiger partial charge is 0.396 e. The first-order chi connectivity index (χ1) is 9.79. The van der Waals surface area contributed by atoms with Gasteiger partial charge in [-0.3, -0.25) is 4.68 Å². The van der Waals surface area contributed by atoms with Crippen molar-refractivity contribution < 1.29 is 12.8 Å². The molecule has 3 N–H and O–H groups in total. The fraction of sp³-hybridized carbons (Fsp3) is 0.308. The van der Waals surface area contributed by atoms with Crippen LogP contribution in [-0.4, -0.2) is 24.7 Å². The van der Waals surface area contributed by atoms with Crippen LogP contribution in [0.25, 0.3) is 0 Å². The van der Waals surface area contributed by atoms with E-state index >= 15 is 0 Å². The van der Waals surface area contributed by atoms with E-state index in [1.807, 2.05) is 6.20 Å². The standard InChI is InChI=1S/C13H17FN4O2S/c1-9-5-11(14)12(15)6-13(9)21(19,20)17-4-3-10-7-16-18(2)8-10/h5-8,17H,3-4,15H2,1-2H3. The van der Waals surface area contributed by atoms with Crippen molar-refractivity contribution in [2.24, 2.45) is 7.05 Å². The molecule has 2 rings (SSSR count). The van der Waals surface area contributed by atoms with Crippen molar-refractivity contribution in [2.45, 2.75) is 18.2 Å². The molecule has 0 atom stereocenters. The van der Waals surface area contributed by atoms with Gasteiger partial charge in [-0.1, -0.05) is 0 Å². The second-order valence-corrected chi connectivity index (χ2v) is 6.54. The Balaban J connectivity index is 2.10. The number of hydrogen-bond acceptors (Lipinski definition) is 4. The van der Waals surface area contributed by atoms with Crippen molar-refractivity contribution >= 4 is 15.7 Å². The molecule has 1 heterocycles. The summed E-state index contributed by atoms with van der Waals surface area (Å²) in [6, 6.07) is 2.25. The highest BCUT2D eigenvalue weighted by atomic mass is 32.2. The maximum atomic E-state index is 13.3. The highest BCUT2D eigenvalue weighted by Gasteiger charge is 2.18. The van der Waals surface area contributed by atoms with Crippen LogP contribution < -0.4 is 10.5 Å². The third-order valence-corrected chi connectivity index (χ3v) is 4.65. The second-order valence-electron chi connectivity index (χ2n) is 4.81. The van der Waals surface area contributed by atoms with Gasteiger partial charge in [0.05, 0.1) is 16.8 Å². The van der Waals surface area contributed by atoms with Gasteiger partial charge < -0.3 is 5.73 Å². The molecule has 0 spiro atoms. The summed E-state index contributed by atoms with van der Waals surface area (Å²) in [5.74, 6) is -0.623. The van der Waals surface area contributed by atoms with Gasteiger partial charge in [0.2, 0.25) is 10.0 Å². The van der Waals surface area contributed by atoms with Gasteiger partial charge in [0.1, 0.15) is 5.82 Å². The van der Waals surface area contributed by atoms with Crippen LogP contribution in [0, 0.1) is 12.7 Å². The number of anilines is 1. The number of nitrogens with two attached hydrogens (primary N) is 1. The van der Waals surface area contributed by atoms with Crippen LogP contribution in [-0.2, 0) is 23.5 Å². The van der Waals surface area contributed by atoms with Crippen LogP contribution in [0.1, 0.15) is 11.1 Å². The minimum atomic E-state index is -3.72. The van der Waals surface area contributed by atoms with Gasteiger partial charge in [-0.25, -0.2) is 17.5 Å². The number of nitrogen functional groups attached to an aromatic ring is 1. The van der Waals surface area contributed by atoms with Crippen LogP contribution in [0.4, 0.5) is 10.1 Å². The Labute approximate surface area is 122 Å². The minimum absolute atomic E-state index is 0.00686. The zero-order valence-corrected chi connectivity index (χ0v) is 12.6. The first-order valence-corrected chi connectivity index (χ1v) is 7.81. The Morgan fingerprint density at radius 2 is 2.14 bits per heavy atom. The molecular formula is C13H17FN4O2S. The summed E-state index contributed by atoms with van der Waals surface area (Å²) in [7, 11) is -1.93. The molecule has 2 aromatic rings. The predicted molar refractivity (Wildman–Crippen MR) is 77.6 cm³/mol. The molecule has 0 saturated heterocycles. The van der Waals surface area contributed by atoms with Crippen molar-refractivity contribution in [3.05, 3.63) is 41.5 Å². The Morgan fingerprint density at radius 1 is 1.43 bits per heavy atom. The van der Waals surface area contributed by atoms with Crippen LogP contribution >= 0.6 is 0 Å². The van der Waals surface area contributed by atoms with Gasteiger partial charge in [-0.2, -0.15) is 5.10 Å². The number of nitrogens with one attached hydrogen (secondary N) is 1. The van der Waals surface area contributed by atoms with E-state index in [2.05, 4.69) is 9.82 Å². The molecule has 21 heavy (non-hydrogen) atoms. The molecule has 8 heteroatoms. The van der Waals surface area contributed by atoms with Gasteiger partial charge in [0.15, 0.2) is 0 Å². The lowest BCUT2D eigenvalue weighted by molar-refractivity contribution is 0.580. The lowest BCUT2D eigenvalue weighted by Crippen LogP contribution is -2.26. The number of benzene rings is 1. The maximum absolute atomic E-state index is 13.3. The average Bonchev–Trinajstić information content (AvgIpc) is 2.79. The Bertz CT molecular complexity index is 756. The van der Waals surface area contributed by atoms with Crippen molar-refractivity contribution in [3.63, 3.8) is 0 Å². The molecule has 0 aliphatic rings. The zero-order chi connectivity index (χ0) is 15.6. The summed E-state index contributed by atoms with van der Waals surface area (Å²) in [6.45, 7) is 1.75. The summed E-state index contributed by atoms with van der Waals surface area (Å²) < 4.78 is 41.8.